The van der Waals surface area contributed by atoms with Gasteiger partial charge in [-0.15, -0.1) is 0 Å². The van der Waals surface area contributed by atoms with E-state index in [4.69, 9.17) is 14.2 Å². The van der Waals surface area contributed by atoms with Crippen molar-refractivity contribution in [2.45, 2.75) is 12.5 Å². The number of Topliss-reactive ketones (excluding diaryl/α,β-unsaturated/α-hetero) is 1. The maximum Gasteiger partial charge on any atom is 0.295 e. The van der Waals surface area contributed by atoms with Crippen molar-refractivity contribution in [3.05, 3.63) is 69.3 Å². The molecule has 36 heavy (non-hydrogen) atoms. The van der Waals surface area contributed by atoms with Crippen LogP contribution in [-0.2, 0) is 14.3 Å². The first-order valence-corrected chi connectivity index (χ1v) is 11.7. The minimum absolute atomic E-state index is 0.0424. The quantitative estimate of drug-likeness (QED) is 0.202. The molecule has 2 aromatic rings. The van der Waals surface area contributed by atoms with Crippen LogP contribution in [0.2, 0.25) is 0 Å². The number of non-ortho nitro benzene ring substituents is 1. The lowest BCUT2D eigenvalue weighted by molar-refractivity contribution is -0.384. The molecule has 1 amide bonds. The predicted molar refractivity (Wildman–Crippen MR) is 127 cm³/mol. The summed E-state index contributed by atoms with van der Waals surface area (Å²) in [6.07, 6.45) is 0.586. The largest absolute Gasteiger partial charge is 0.507 e. The molecular weight excluding hydrogens is 470 g/mol. The number of hydrogen-bond acceptors (Lipinski definition) is 9. The Morgan fingerprint density at radius 2 is 1.83 bits per heavy atom. The van der Waals surface area contributed by atoms with Gasteiger partial charge in [0.25, 0.3) is 17.4 Å². The summed E-state index contributed by atoms with van der Waals surface area (Å²) in [6, 6.07) is 9.53. The van der Waals surface area contributed by atoms with Crippen LogP contribution in [0.3, 0.4) is 0 Å². The number of ketones is 1. The summed E-state index contributed by atoms with van der Waals surface area (Å²) in [5.41, 5.74) is 0.360. The van der Waals surface area contributed by atoms with Gasteiger partial charge in [0.2, 0.25) is 6.79 Å². The molecule has 3 heterocycles. The van der Waals surface area contributed by atoms with E-state index in [2.05, 4.69) is 4.90 Å². The van der Waals surface area contributed by atoms with Crippen molar-refractivity contribution in [2.75, 3.05) is 46.2 Å². The minimum Gasteiger partial charge on any atom is -0.507 e. The fourth-order valence-electron chi connectivity index (χ4n) is 4.75. The number of carbonyl (C=O) groups excluding carboxylic acids is 2. The smallest absolute Gasteiger partial charge is 0.295 e. The Morgan fingerprint density at radius 3 is 2.61 bits per heavy atom. The van der Waals surface area contributed by atoms with E-state index in [1.54, 1.807) is 18.2 Å². The highest BCUT2D eigenvalue weighted by molar-refractivity contribution is 6.46. The summed E-state index contributed by atoms with van der Waals surface area (Å²) < 4.78 is 16.1. The lowest BCUT2D eigenvalue weighted by Gasteiger charge is -2.29. The molecule has 0 bridgehead atoms. The zero-order valence-corrected chi connectivity index (χ0v) is 19.4. The van der Waals surface area contributed by atoms with Crippen molar-refractivity contribution in [2.24, 2.45) is 0 Å². The fraction of sp³-hybridized carbons (Fsp3) is 0.360. The highest BCUT2D eigenvalue weighted by Gasteiger charge is 2.46. The number of rotatable bonds is 7. The first kappa shape index (κ1) is 23.8. The minimum atomic E-state index is -0.972. The predicted octanol–water partition coefficient (Wildman–Crippen LogP) is 2.47. The number of fused-ring (bicyclic) bond motifs is 1. The highest BCUT2D eigenvalue weighted by Crippen LogP contribution is 2.42. The van der Waals surface area contributed by atoms with Crippen molar-refractivity contribution >= 4 is 23.1 Å². The third-order valence-corrected chi connectivity index (χ3v) is 6.56. The van der Waals surface area contributed by atoms with E-state index in [0.29, 0.717) is 43.2 Å². The second-order valence-corrected chi connectivity index (χ2v) is 8.72. The van der Waals surface area contributed by atoms with Gasteiger partial charge in [-0.2, -0.15) is 0 Å². The van der Waals surface area contributed by atoms with Gasteiger partial charge < -0.3 is 24.2 Å². The van der Waals surface area contributed by atoms with E-state index in [0.717, 1.165) is 13.1 Å². The molecule has 1 N–H and O–H groups in total. The Kier molecular flexibility index (Phi) is 6.57. The monoisotopic (exact) mass is 495 g/mol. The molecule has 1 atom stereocenters. The van der Waals surface area contributed by atoms with Crippen molar-refractivity contribution < 1.29 is 33.8 Å². The molecular formula is C25H25N3O8. The van der Waals surface area contributed by atoms with Crippen molar-refractivity contribution in [1.82, 2.24) is 9.80 Å². The molecule has 0 radical (unpaired) electrons. The molecule has 2 fully saturated rings. The van der Waals surface area contributed by atoms with E-state index in [9.17, 15) is 24.8 Å². The molecule has 188 valence electrons. The van der Waals surface area contributed by atoms with Crippen molar-refractivity contribution in [1.29, 1.82) is 0 Å². The normalized spacial score (nSPS) is 21.2. The number of hydrogen-bond donors (Lipinski definition) is 1. The molecule has 1 unspecified atom stereocenters. The molecule has 0 aromatic heterocycles. The van der Waals surface area contributed by atoms with Gasteiger partial charge in [0.15, 0.2) is 11.5 Å². The van der Waals surface area contributed by atoms with Gasteiger partial charge in [-0.05, 0) is 30.2 Å². The molecule has 0 saturated carbocycles. The number of nitro benzene ring substituents is 1. The van der Waals surface area contributed by atoms with Crippen LogP contribution in [-0.4, -0.2) is 77.7 Å². The fourth-order valence-corrected chi connectivity index (χ4v) is 4.75. The summed E-state index contributed by atoms with van der Waals surface area (Å²) >= 11 is 0. The van der Waals surface area contributed by atoms with Crippen LogP contribution >= 0.6 is 0 Å². The van der Waals surface area contributed by atoms with Gasteiger partial charge in [0.1, 0.15) is 5.76 Å². The first-order valence-electron chi connectivity index (χ1n) is 11.7. The number of carbonyl (C=O) groups is 2. The number of benzene rings is 2. The lowest BCUT2D eigenvalue weighted by atomic mass is 9.95. The molecule has 3 aliphatic heterocycles. The van der Waals surface area contributed by atoms with Crippen LogP contribution in [0, 0.1) is 10.1 Å². The van der Waals surface area contributed by atoms with E-state index in [1.807, 2.05) is 0 Å². The number of nitrogens with zero attached hydrogens (tertiary/aromatic N) is 3. The Balaban J connectivity index is 1.51. The van der Waals surface area contributed by atoms with E-state index < -0.39 is 22.7 Å². The van der Waals surface area contributed by atoms with Gasteiger partial charge in [0, 0.05) is 43.9 Å². The summed E-state index contributed by atoms with van der Waals surface area (Å²) in [7, 11) is 0. The SMILES string of the molecule is O=C1C(=O)N(CCCN2CCOCC2)C(c2cccc([N+](=O)[O-])c2)C1=C(O)c1ccc2c(c1)OCO2. The first-order chi connectivity index (χ1) is 17.4. The van der Waals surface area contributed by atoms with Crippen molar-refractivity contribution in [3.63, 3.8) is 0 Å². The van der Waals surface area contributed by atoms with Gasteiger partial charge in [0.05, 0.1) is 29.8 Å². The molecule has 5 rings (SSSR count). The Morgan fingerprint density at radius 1 is 1.06 bits per heavy atom. The number of amides is 1. The van der Waals surface area contributed by atoms with Gasteiger partial charge >= 0.3 is 0 Å². The number of aliphatic hydroxyl groups is 1. The summed E-state index contributed by atoms with van der Waals surface area (Å²) in [6.45, 7) is 3.86. The number of likely N-dealkylation sites (tertiary alicyclic amines) is 1. The Hall–Kier alpha value is -3.96. The van der Waals surface area contributed by atoms with Crippen LogP contribution in [0.4, 0.5) is 5.69 Å². The molecule has 2 aromatic carbocycles. The van der Waals surface area contributed by atoms with Crippen LogP contribution in [0.25, 0.3) is 5.76 Å². The third kappa shape index (κ3) is 4.50. The maximum atomic E-state index is 13.2. The van der Waals surface area contributed by atoms with Gasteiger partial charge in [-0.3, -0.25) is 24.6 Å². The van der Waals surface area contributed by atoms with Crippen LogP contribution in [0.5, 0.6) is 11.5 Å². The van der Waals surface area contributed by atoms with E-state index in [-0.39, 0.29) is 35.9 Å². The third-order valence-electron chi connectivity index (χ3n) is 6.56. The summed E-state index contributed by atoms with van der Waals surface area (Å²) in [5, 5.41) is 22.7. The van der Waals surface area contributed by atoms with Crippen LogP contribution < -0.4 is 9.47 Å². The molecule has 3 aliphatic rings. The topological polar surface area (TPSA) is 132 Å². The lowest BCUT2D eigenvalue weighted by Crippen LogP contribution is -2.39. The summed E-state index contributed by atoms with van der Waals surface area (Å²) in [5.74, 6) is -1.06. The number of ether oxygens (including phenoxy) is 3. The number of aliphatic hydroxyl groups excluding tert-OH is 1. The Bertz CT molecular complexity index is 1240. The van der Waals surface area contributed by atoms with Gasteiger partial charge in [-0.25, -0.2) is 0 Å². The highest BCUT2D eigenvalue weighted by atomic mass is 16.7. The molecule has 2 saturated heterocycles. The van der Waals surface area contributed by atoms with Crippen molar-refractivity contribution in [3.8, 4) is 11.5 Å². The molecule has 0 spiro atoms. The molecule has 0 aliphatic carbocycles. The average Bonchev–Trinajstić information content (AvgIpc) is 3.46. The second kappa shape index (κ2) is 9.96. The van der Waals surface area contributed by atoms with Gasteiger partial charge in [-0.1, -0.05) is 12.1 Å². The zero-order valence-electron chi connectivity index (χ0n) is 19.4. The zero-order chi connectivity index (χ0) is 25.2. The Labute approximate surface area is 206 Å². The maximum absolute atomic E-state index is 13.2. The number of nitro groups is 1. The second-order valence-electron chi connectivity index (χ2n) is 8.72. The van der Waals surface area contributed by atoms with E-state index in [1.165, 1.54) is 29.2 Å². The number of morpholine rings is 1. The average molecular weight is 495 g/mol. The van der Waals surface area contributed by atoms with Crippen LogP contribution in [0.15, 0.2) is 48.0 Å². The van der Waals surface area contributed by atoms with E-state index >= 15 is 0 Å². The van der Waals surface area contributed by atoms with Crippen LogP contribution in [0.1, 0.15) is 23.6 Å². The molecule has 11 nitrogen and oxygen atoms in total. The summed E-state index contributed by atoms with van der Waals surface area (Å²) in [4.78, 5) is 40.8. The molecule has 11 heteroatoms. The standard InChI is InChI=1S/C25H25N3O8/c29-23(17-5-6-19-20(14-17)36-15-35-19)21-22(16-3-1-4-18(13-16)28(32)33)27(25(31)24(21)30)8-2-7-26-9-11-34-12-10-26/h1,3-6,13-14,22,29H,2,7-12,15H2.